The molecule has 0 radical (unpaired) electrons. The second kappa shape index (κ2) is 7.38. The molecule has 148 valence electrons. The van der Waals surface area contributed by atoms with E-state index in [2.05, 4.69) is 20.0 Å². The molecule has 1 aliphatic heterocycles. The van der Waals surface area contributed by atoms with Gasteiger partial charge in [-0.15, -0.1) is 0 Å². The predicted octanol–water partition coefficient (Wildman–Crippen LogP) is 3.04. The standard InChI is InChI=1S/C19H21F3N6/c1-26-8-5-9-27(11-10-26)16-15-12-23-28(13-14-6-3-2-4-7-14)17(15)25-18(24-16)19(20,21)22/h2-4,6-7,12H,5,8-11,13H2,1H3. The zero-order valence-electron chi connectivity index (χ0n) is 15.5. The van der Waals surface area contributed by atoms with Gasteiger partial charge in [-0.25, -0.2) is 14.6 Å². The molecule has 0 bridgehead atoms. The predicted molar refractivity (Wildman–Crippen MR) is 100 cm³/mol. The van der Waals surface area contributed by atoms with Crippen LogP contribution in [-0.2, 0) is 12.7 Å². The SMILES string of the molecule is CN1CCCN(c2nc(C(F)(F)F)nc3c2cnn3Cc2ccccc2)CC1. The lowest BCUT2D eigenvalue weighted by molar-refractivity contribution is -0.144. The minimum Gasteiger partial charge on any atom is -0.355 e. The van der Waals surface area contributed by atoms with Crippen LogP contribution in [0, 0.1) is 0 Å². The number of likely N-dealkylation sites (N-methyl/N-ethyl adjacent to an activating group) is 1. The molecule has 0 unspecified atom stereocenters. The summed E-state index contributed by atoms with van der Waals surface area (Å²) < 4.78 is 42.0. The largest absolute Gasteiger partial charge is 0.451 e. The molecule has 0 atom stereocenters. The van der Waals surface area contributed by atoms with Gasteiger partial charge in [0.25, 0.3) is 0 Å². The summed E-state index contributed by atoms with van der Waals surface area (Å²) in [5.41, 5.74) is 1.15. The number of hydrogen-bond acceptors (Lipinski definition) is 5. The van der Waals surface area contributed by atoms with Crippen molar-refractivity contribution in [3.63, 3.8) is 0 Å². The minimum atomic E-state index is -4.62. The van der Waals surface area contributed by atoms with E-state index in [1.807, 2.05) is 42.3 Å². The molecule has 0 aliphatic carbocycles. The highest BCUT2D eigenvalue weighted by Gasteiger charge is 2.37. The Kier molecular flexibility index (Phi) is 4.92. The quantitative estimate of drug-likeness (QED) is 0.688. The van der Waals surface area contributed by atoms with Crippen LogP contribution in [0.4, 0.5) is 19.0 Å². The van der Waals surface area contributed by atoms with Crippen LogP contribution >= 0.6 is 0 Å². The fourth-order valence-electron chi connectivity index (χ4n) is 3.44. The highest BCUT2D eigenvalue weighted by atomic mass is 19.4. The number of halogens is 3. The normalized spacial score (nSPS) is 16.5. The fourth-order valence-corrected chi connectivity index (χ4v) is 3.44. The molecule has 9 heteroatoms. The first-order chi connectivity index (χ1) is 13.4. The van der Waals surface area contributed by atoms with Crippen molar-refractivity contribution < 1.29 is 13.2 Å². The third-order valence-corrected chi connectivity index (χ3v) is 4.92. The van der Waals surface area contributed by atoms with Gasteiger partial charge in [-0.3, -0.25) is 0 Å². The van der Waals surface area contributed by atoms with E-state index in [4.69, 9.17) is 0 Å². The summed E-state index contributed by atoms with van der Waals surface area (Å²) in [6.45, 7) is 3.29. The molecule has 0 saturated carbocycles. The smallest absolute Gasteiger partial charge is 0.355 e. The topological polar surface area (TPSA) is 50.1 Å². The van der Waals surface area contributed by atoms with E-state index in [1.165, 1.54) is 4.68 Å². The Bertz CT molecular complexity index is 953. The first-order valence-corrected chi connectivity index (χ1v) is 9.20. The maximum atomic E-state index is 13.5. The van der Waals surface area contributed by atoms with Crippen LogP contribution in [0.3, 0.4) is 0 Å². The molecule has 0 amide bonds. The van der Waals surface area contributed by atoms with Crippen molar-refractivity contribution in [1.82, 2.24) is 24.6 Å². The van der Waals surface area contributed by atoms with Crippen LogP contribution in [0.15, 0.2) is 36.5 Å². The van der Waals surface area contributed by atoms with Crippen molar-refractivity contribution in [2.24, 2.45) is 0 Å². The van der Waals surface area contributed by atoms with Gasteiger partial charge < -0.3 is 9.80 Å². The summed E-state index contributed by atoms with van der Waals surface area (Å²) in [5.74, 6) is -0.811. The number of hydrogen-bond donors (Lipinski definition) is 0. The van der Waals surface area contributed by atoms with Crippen LogP contribution in [0.1, 0.15) is 17.8 Å². The second-order valence-corrected chi connectivity index (χ2v) is 7.04. The van der Waals surface area contributed by atoms with Gasteiger partial charge >= 0.3 is 6.18 Å². The molecule has 0 N–H and O–H groups in total. The summed E-state index contributed by atoms with van der Waals surface area (Å²) in [7, 11) is 2.01. The summed E-state index contributed by atoms with van der Waals surface area (Å²) in [5, 5.41) is 4.87. The Hall–Kier alpha value is -2.68. The number of fused-ring (bicyclic) bond motifs is 1. The number of benzene rings is 1. The zero-order valence-corrected chi connectivity index (χ0v) is 15.5. The lowest BCUT2D eigenvalue weighted by Crippen LogP contribution is -2.30. The van der Waals surface area contributed by atoms with Crippen molar-refractivity contribution in [2.75, 3.05) is 38.1 Å². The van der Waals surface area contributed by atoms with E-state index in [0.717, 1.165) is 25.1 Å². The van der Waals surface area contributed by atoms with E-state index in [1.54, 1.807) is 6.20 Å². The van der Waals surface area contributed by atoms with Gasteiger partial charge in [0, 0.05) is 19.6 Å². The summed E-state index contributed by atoms with van der Waals surface area (Å²) >= 11 is 0. The van der Waals surface area contributed by atoms with E-state index in [9.17, 15) is 13.2 Å². The van der Waals surface area contributed by atoms with Gasteiger partial charge in [0.1, 0.15) is 5.82 Å². The summed E-state index contributed by atoms with van der Waals surface area (Å²) in [4.78, 5) is 11.8. The van der Waals surface area contributed by atoms with Crippen molar-refractivity contribution >= 4 is 16.9 Å². The summed E-state index contributed by atoms with van der Waals surface area (Å²) in [6.07, 6.45) is -2.18. The number of aromatic nitrogens is 4. The van der Waals surface area contributed by atoms with Gasteiger partial charge in [0.15, 0.2) is 5.65 Å². The molecule has 28 heavy (non-hydrogen) atoms. The molecule has 1 aromatic carbocycles. The van der Waals surface area contributed by atoms with Crippen molar-refractivity contribution in [1.29, 1.82) is 0 Å². The Labute approximate surface area is 160 Å². The Morgan fingerprint density at radius 1 is 1.00 bits per heavy atom. The maximum absolute atomic E-state index is 13.5. The highest BCUT2D eigenvalue weighted by molar-refractivity contribution is 5.87. The monoisotopic (exact) mass is 390 g/mol. The molecule has 0 spiro atoms. The van der Waals surface area contributed by atoms with Crippen molar-refractivity contribution in [2.45, 2.75) is 19.1 Å². The number of nitrogens with zero attached hydrogens (tertiary/aromatic N) is 6. The Morgan fingerprint density at radius 2 is 1.79 bits per heavy atom. The molecule has 2 aromatic heterocycles. The van der Waals surface area contributed by atoms with Gasteiger partial charge in [-0.1, -0.05) is 30.3 Å². The lowest BCUT2D eigenvalue weighted by Gasteiger charge is -2.23. The van der Waals surface area contributed by atoms with E-state index in [-0.39, 0.29) is 5.65 Å². The van der Waals surface area contributed by atoms with Crippen molar-refractivity contribution in [3.8, 4) is 0 Å². The Balaban J connectivity index is 1.80. The molecular weight excluding hydrogens is 369 g/mol. The molecule has 3 heterocycles. The average molecular weight is 390 g/mol. The van der Waals surface area contributed by atoms with Crippen LogP contribution in [0.2, 0.25) is 0 Å². The van der Waals surface area contributed by atoms with E-state index < -0.39 is 12.0 Å². The number of alkyl halides is 3. The first-order valence-electron chi connectivity index (χ1n) is 9.20. The van der Waals surface area contributed by atoms with E-state index >= 15 is 0 Å². The number of anilines is 1. The molecule has 3 aromatic rings. The highest BCUT2D eigenvalue weighted by Crippen LogP contribution is 2.32. The number of rotatable bonds is 3. The minimum absolute atomic E-state index is 0.207. The Morgan fingerprint density at radius 3 is 2.54 bits per heavy atom. The molecule has 1 aliphatic rings. The van der Waals surface area contributed by atoms with Crippen LogP contribution in [0.25, 0.3) is 11.0 Å². The lowest BCUT2D eigenvalue weighted by atomic mass is 10.2. The van der Waals surface area contributed by atoms with Crippen LogP contribution < -0.4 is 4.90 Å². The molecular formula is C19H21F3N6. The first kappa shape index (κ1) is 18.7. The van der Waals surface area contributed by atoms with Gasteiger partial charge in [0.05, 0.1) is 18.1 Å². The maximum Gasteiger partial charge on any atom is 0.451 e. The third kappa shape index (κ3) is 3.80. The molecule has 1 saturated heterocycles. The van der Waals surface area contributed by atoms with Crippen LogP contribution in [0.5, 0.6) is 0 Å². The van der Waals surface area contributed by atoms with Gasteiger partial charge in [0.2, 0.25) is 5.82 Å². The van der Waals surface area contributed by atoms with Gasteiger partial charge in [-0.2, -0.15) is 18.3 Å². The molecule has 6 nitrogen and oxygen atoms in total. The average Bonchev–Trinajstić information content (AvgIpc) is 2.94. The fraction of sp³-hybridized carbons (Fsp3) is 0.421. The summed E-state index contributed by atoms with van der Waals surface area (Å²) in [6, 6.07) is 9.48. The molecule has 1 fully saturated rings. The van der Waals surface area contributed by atoms with Crippen molar-refractivity contribution in [3.05, 3.63) is 47.9 Å². The van der Waals surface area contributed by atoms with E-state index in [0.29, 0.717) is 30.8 Å². The second-order valence-electron chi connectivity index (χ2n) is 7.04. The third-order valence-electron chi connectivity index (χ3n) is 4.92. The zero-order chi connectivity index (χ0) is 19.7. The van der Waals surface area contributed by atoms with Gasteiger partial charge in [-0.05, 0) is 25.6 Å². The molecule has 4 rings (SSSR count). The van der Waals surface area contributed by atoms with Crippen LogP contribution in [-0.4, -0.2) is 57.9 Å².